The number of rotatable bonds is 4. The maximum absolute atomic E-state index is 12.6. The highest BCUT2D eigenvalue weighted by Crippen LogP contribution is 2.22. The molecule has 2 amide bonds. The molecule has 21 heavy (non-hydrogen) atoms. The normalized spacial score (nSPS) is 24.1. The van der Waals surface area contributed by atoms with Crippen molar-refractivity contribution in [2.45, 2.75) is 38.3 Å². The number of carboxylic acid groups (broad SMARTS) is 1. The fraction of sp³-hybridized carbons (Fsp3) is 0.857. The van der Waals surface area contributed by atoms with Gasteiger partial charge in [0.05, 0.1) is 18.6 Å². The predicted octanol–water partition coefficient (Wildman–Crippen LogP) is 1.50. The Hall–Kier alpha value is -0.950. The van der Waals surface area contributed by atoms with Gasteiger partial charge in [0.15, 0.2) is 0 Å². The van der Waals surface area contributed by atoms with Crippen molar-refractivity contribution in [1.82, 2.24) is 9.80 Å². The molecule has 1 unspecified atom stereocenters. The zero-order chi connectivity index (χ0) is 15.2. The van der Waals surface area contributed by atoms with Gasteiger partial charge in [0.25, 0.3) is 0 Å². The first-order valence-corrected chi connectivity index (χ1v) is 8.74. The van der Waals surface area contributed by atoms with E-state index in [1.807, 2.05) is 11.8 Å². The number of carboxylic acids is 1. The molecule has 1 atom stereocenters. The molecule has 6 nitrogen and oxygen atoms in total. The SMILES string of the molecule is CCOC1CCN(C(=O)N2CCSCC2CC(=O)O)CC1. The fourth-order valence-corrected chi connectivity index (χ4v) is 3.97. The monoisotopic (exact) mass is 316 g/mol. The molecule has 0 radical (unpaired) electrons. The van der Waals surface area contributed by atoms with E-state index in [2.05, 4.69) is 0 Å². The topological polar surface area (TPSA) is 70.1 Å². The van der Waals surface area contributed by atoms with E-state index in [9.17, 15) is 9.59 Å². The molecule has 0 bridgehead atoms. The Morgan fingerprint density at radius 1 is 1.29 bits per heavy atom. The summed E-state index contributed by atoms with van der Waals surface area (Å²) < 4.78 is 5.60. The van der Waals surface area contributed by atoms with Crippen LogP contribution in [0, 0.1) is 0 Å². The van der Waals surface area contributed by atoms with Gasteiger partial charge in [-0.3, -0.25) is 4.79 Å². The van der Waals surface area contributed by atoms with E-state index in [1.54, 1.807) is 16.7 Å². The summed E-state index contributed by atoms with van der Waals surface area (Å²) in [6, 6.07) is -0.185. The Bertz CT molecular complexity index is 372. The maximum atomic E-state index is 12.6. The smallest absolute Gasteiger partial charge is 0.320 e. The van der Waals surface area contributed by atoms with Gasteiger partial charge in [0.1, 0.15) is 0 Å². The molecule has 0 spiro atoms. The van der Waals surface area contributed by atoms with E-state index >= 15 is 0 Å². The summed E-state index contributed by atoms with van der Waals surface area (Å²) in [5.74, 6) is 0.764. The number of piperidine rings is 1. The van der Waals surface area contributed by atoms with Crippen LogP contribution in [0.4, 0.5) is 4.79 Å². The van der Waals surface area contributed by atoms with Gasteiger partial charge in [-0.1, -0.05) is 0 Å². The number of amides is 2. The van der Waals surface area contributed by atoms with Crippen molar-refractivity contribution in [1.29, 1.82) is 0 Å². The van der Waals surface area contributed by atoms with Gasteiger partial charge >= 0.3 is 12.0 Å². The molecule has 2 heterocycles. The summed E-state index contributed by atoms with van der Waals surface area (Å²) in [7, 11) is 0. The van der Waals surface area contributed by atoms with E-state index in [0.29, 0.717) is 32.0 Å². The van der Waals surface area contributed by atoms with Crippen molar-refractivity contribution in [2.24, 2.45) is 0 Å². The third-order valence-corrected chi connectivity index (χ3v) is 5.09. The number of aliphatic carboxylic acids is 1. The molecule has 120 valence electrons. The second kappa shape index (κ2) is 7.89. The zero-order valence-electron chi connectivity index (χ0n) is 12.5. The first-order valence-electron chi connectivity index (χ1n) is 7.58. The number of nitrogens with zero attached hydrogens (tertiary/aromatic N) is 2. The van der Waals surface area contributed by atoms with Crippen LogP contribution >= 0.6 is 11.8 Å². The molecule has 0 aromatic heterocycles. The summed E-state index contributed by atoms with van der Waals surface area (Å²) in [5.41, 5.74) is 0. The van der Waals surface area contributed by atoms with Crippen molar-refractivity contribution >= 4 is 23.8 Å². The summed E-state index contributed by atoms with van der Waals surface area (Å²) >= 11 is 1.72. The molecule has 1 N–H and O–H groups in total. The van der Waals surface area contributed by atoms with E-state index in [1.165, 1.54) is 0 Å². The lowest BCUT2D eigenvalue weighted by molar-refractivity contribution is -0.138. The predicted molar refractivity (Wildman–Crippen MR) is 81.7 cm³/mol. The number of likely N-dealkylation sites (tertiary alicyclic amines) is 1. The lowest BCUT2D eigenvalue weighted by Gasteiger charge is -2.40. The van der Waals surface area contributed by atoms with Gasteiger partial charge in [-0.25, -0.2) is 4.79 Å². The number of carbonyl (C=O) groups excluding carboxylic acids is 1. The van der Waals surface area contributed by atoms with E-state index in [-0.39, 0.29) is 24.6 Å². The van der Waals surface area contributed by atoms with Crippen LogP contribution in [-0.4, -0.2) is 76.8 Å². The number of hydrogen-bond acceptors (Lipinski definition) is 4. The van der Waals surface area contributed by atoms with Gasteiger partial charge in [-0.15, -0.1) is 0 Å². The summed E-state index contributed by atoms with van der Waals surface area (Å²) in [6.45, 7) is 4.74. The highest BCUT2D eigenvalue weighted by molar-refractivity contribution is 7.99. The second-order valence-corrected chi connectivity index (χ2v) is 6.59. The van der Waals surface area contributed by atoms with Crippen LogP contribution in [0.15, 0.2) is 0 Å². The summed E-state index contributed by atoms with van der Waals surface area (Å²) in [6.07, 6.45) is 2.02. The van der Waals surface area contributed by atoms with Crippen LogP contribution in [0.1, 0.15) is 26.2 Å². The molecule has 0 saturated carbocycles. The Balaban J connectivity index is 1.90. The van der Waals surface area contributed by atoms with Gasteiger partial charge in [0, 0.05) is 37.7 Å². The van der Waals surface area contributed by atoms with Crippen LogP contribution in [0.5, 0.6) is 0 Å². The third-order valence-electron chi connectivity index (χ3n) is 4.00. The van der Waals surface area contributed by atoms with Gasteiger partial charge in [0.2, 0.25) is 0 Å². The van der Waals surface area contributed by atoms with Crippen molar-refractivity contribution in [3.63, 3.8) is 0 Å². The molecule has 2 rings (SSSR count). The maximum Gasteiger partial charge on any atom is 0.320 e. The van der Waals surface area contributed by atoms with E-state index in [4.69, 9.17) is 9.84 Å². The van der Waals surface area contributed by atoms with Crippen LogP contribution in [0.2, 0.25) is 0 Å². The minimum atomic E-state index is -0.838. The lowest BCUT2D eigenvalue weighted by atomic mass is 10.1. The minimum Gasteiger partial charge on any atom is -0.481 e. The van der Waals surface area contributed by atoms with Crippen molar-refractivity contribution in [2.75, 3.05) is 37.7 Å². The number of thioether (sulfide) groups is 1. The highest BCUT2D eigenvalue weighted by atomic mass is 32.2. The average molecular weight is 316 g/mol. The van der Waals surface area contributed by atoms with Crippen molar-refractivity contribution in [3.05, 3.63) is 0 Å². The first-order chi connectivity index (χ1) is 10.1. The number of ether oxygens (including phenoxy) is 1. The molecule has 2 fully saturated rings. The quantitative estimate of drug-likeness (QED) is 0.851. The van der Waals surface area contributed by atoms with Gasteiger partial charge in [-0.2, -0.15) is 11.8 Å². The second-order valence-electron chi connectivity index (χ2n) is 5.44. The Morgan fingerprint density at radius 3 is 2.62 bits per heavy atom. The zero-order valence-corrected chi connectivity index (χ0v) is 13.3. The highest BCUT2D eigenvalue weighted by Gasteiger charge is 2.33. The lowest BCUT2D eigenvalue weighted by Crippen LogP contribution is -2.54. The molecular weight excluding hydrogens is 292 g/mol. The van der Waals surface area contributed by atoms with Crippen LogP contribution in [0.3, 0.4) is 0 Å². The van der Waals surface area contributed by atoms with E-state index in [0.717, 1.165) is 18.6 Å². The molecule has 0 aromatic carbocycles. The molecule has 2 saturated heterocycles. The van der Waals surface area contributed by atoms with Crippen molar-refractivity contribution < 1.29 is 19.4 Å². The first kappa shape index (κ1) is 16.4. The number of carbonyl (C=O) groups is 2. The van der Waals surface area contributed by atoms with Crippen LogP contribution in [0.25, 0.3) is 0 Å². The average Bonchev–Trinajstić information content (AvgIpc) is 2.48. The van der Waals surface area contributed by atoms with Gasteiger partial charge in [-0.05, 0) is 19.8 Å². The molecule has 0 aromatic rings. The molecule has 7 heteroatoms. The Labute approximate surface area is 129 Å². The minimum absolute atomic E-state index is 0.00324. The van der Waals surface area contributed by atoms with Gasteiger partial charge < -0.3 is 19.6 Å². The van der Waals surface area contributed by atoms with Crippen LogP contribution < -0.4 is 0 Å². The largest absolute Gasteiger partial charge is 0.481 e. The Kier molecular flexibility index (Phi) is 6.17. The van der Waals surface area contributed by atoms with Crippen LogP contribution in [-0.2, 0) is 9.53 Å². The molecule has 2 aliphatic heterocycles. The summed E-state index contributed by atoms with van der Waals surface area (Å²) in [5, 5.41) is 8.99. The summed E-state index contributed by atoms with van der Waals surface area (Å²) in [4.78, 5) is 27.2. The third kappa shape index (κ3) is 4.51. The fourth-order valence-electron chi connectivity index (χ4n) is 2.91. The number of hydrogen-bond donors (Lipinski definition) is 1. The van der Waals surface area contributed by atoms with Crippen molar-refractivity contribution in [3.8, 4) is 0 Å². The Morgan fingerprint density at radius 2 is 2.00 bits per heavy atom. The molecular formula is C14H24N2O4S. The molecule has 0 aliphatic carbocycles. The standard InChI is InChI=1S/C14H24N2O4S/c1-2-20-12-3-5-15(6-4-12)14(19)16-7-8-21-10-11(16)9-13(17)18/h11-12H,2-10H2,1H3,(H,17,18). The molecule has 2 aliphatic rings. The number of urea groups is 1. The van der Waals surface area contributed by atoms with E-state index < -0.39 is 5.97 Å².